The maximum atomic E-state index is 13.4. The number of carbonyl (C=O) groups excluding carboxylic acids is 1. The van der Waals surface area contributed by atoms with Gasteiger partial charge in [0, 0.05) is 16.8 Å². The molecule has 9 nitrogen and oxygen atoms in total. The fourth-order valence-electron chi connectivity index (χ4n) is 3.93. The van der Waals surface area contributed by atoms with Gasteiger partial charge >= 0.3 is 0 Å². The number of aryl methyl sites for hydroxylation is 1. The van der Waals surface area contributed by atoms with Crippen molar-refractivity contribution < 1.29 is 13.7 Å². The summed E-state index contributed by atoms with van der Waals surface area (Å²) in [7, 11) is 0. The number of hydrogen-bond donors (Lipinski definition) is 1. The molecule has 168 valence electrons. The van der Waals surface area contributed by atoms with Crippen molar-refractivity contribution in [2.24, 2.45) is 0 Å². The summed E-state index contributed by atoms with van der Waals surface area (Å²) in [6.45, 7) is 1.75. The number of benzene rings is 2. The van der Waals surface area contributed by atoms with Crippen LogP contribution in [0.25, 0.3) is 33.7 Å². The van der Waals surface area contributed by atoms with Crippen molar-refractivity contribution in [3.05, 3.63) is 71.7 Å². The fraction of sp³-hybridized carbons (Fsp3) is 0.167. The van der Waals surface area contributed by atoms with Gasteiger partial charge in [-0.25, -0.2) is 14.1 Å². The summed E-state index contributed by atoms with van der Waals surface area (Å²) in [5, 5.41) is 19.5. The summed E-state index contributed by atoms with van der Waals surface area (Å²) in [4.78, 5) is 17.9. The molecule has 1 N–H and O–H groups in total. The second-order valence-corrected chi connectivity index (χ2v) is 8.22. The summed E-state index contributed by atoms with van der Waals surface area (Å²) in [6, 6.07) is 15.2. The van der Waals surface area contributed by atoms with Gasteiger partial charge in [-0.3, -0.25) is 4.79 Å². The zero-order valence-corrected chi connectivity index (χ0v) is 18.1. The van der Waals surface area contributed by atoms with Crippen LogP contribution >= 0.6 is 0 Å². The van der Waals surface area contributed by atoms with E-state index in [1.165, 1.54) is 12.1 Å². The smallest absolute Gasteiger partial charge is 0.259 e. The first-order chi connectivity index (χ1) is 16.6. The zero-order chi connectivity index (χ0) is 23.2. The molecule has 6 rings (SSSR count). The summed E-state index contributed by atoms with van der Waals surface area (Å²) < 4.78 is 20.6. The van der Waals surface area contributed by atoms with E-state index in [1.54, 1.807) is 31.2 Å². The number of nitrogens with zero attached hydrogens (tertiary/aromatic N) is 6. The first-order valence-corrected chi connectivity index (χ1v) is 10.8. The van der Waals surface area contributed by atoms with Gasteiger partial charge in [0.25, 0.3) is 11.6 Å². The van der Waals surface area contributed by atoms with Crippen LogP contribution in [0.5, 0.6) is 0 Å². The van der Waals surface area contributed by atoms with E-state index in [0.29, 0.717) is 45.5 Å². The molecule has 0 bridgehead atoms. The minimum Gasteiger partial charge on any atom is -0.335 e. The molecule has 0 atom stereocenters. The van der Waals surface area contributed by atoms with E-state index in [2.05, 4.69) is 31.0 Å². The Morgan fingerprint density at radius 2 is 1.94 bits per heavy atom. The molecule has 2 aromatic carbocycles. The minimum atomic E-state index is -0.356. The van der Waals surface area contributed by atoms with Gasteiger partial charge in [0.05, 0.1) is 28.4 Å². The Hall–Kier alpha value is -4.47. The van der Waals surface area contributed by atoms with Gasteiger partial charge in [0.1, 0.15) is 5.82 Å². The lowest BCUT2D eigenvalue weighted by Crippen LogP contribution is -2.13. The molecule has 3 heterocycles. The average molecular weight is 455 g/mol. The van der Waals surface area contributed by atoms with Crippen molar-refractivity contribution in [2.75, 3.05) is 5.32 Å². The second-order valence-electron chi connectivity index (χ2n) is 8.22. The van der Waals surface area contributed by atoms with Crippen molar-refractivity contribution in [1.82, 2.24) is 30.3 Å². The lowest BCUT2D eigenvalue weighted by molar-refractivity contribution is 0.102. The van der Waals surface area contributed by atoms with Gasteiger partial charge in [0.2, 0.25) is 0 Å². The summed E-state index contributed by atoms with van der Waals surface area (Å²) >= 11 is 0. The van der Waals surface area contributed by atoms with Crippen LogP contribution in [0.15, 0.2) is 59.1 Å². The van der Waals surface area contributed by atoms with Crippen molar-refractivity contribution in [3.63, 3.8) is 0 Å². The third-order valence-corrected chi connectivity index (χ3v) is 5.77. The number of rotatable bonds is 5. The molecule has 10 heteroatoms. The maximum absolute atomic E-state index is 13.4. The van der Waals surface area contributed by atoms with E-state index in [9.17, 15) is 9.18 Å². The molecular weight excluding hydrogens is 437 g/mol. The highest BCUT2D eigenvalue weighted by atomic mass is 19.1. The molecule has 1 aliphatic rings. The maximum Gasteiger partial charge on any atom is 0.259 e. The molecule has 34 heavy (non-hydrogen) atoms. The number of amides is 1. The van der Waals surface area contributed by atoms with Crippen LogP contribution in [-0.4, -0.2) is 36.3 Å². The van der Waals surface area contributed by atoms with E-state index in [0.717, 1.165) is 18.4 Å². The van der Waals surface area contributed by atoms with Crippen LogP contribution in [0.2, 0.25) is 0 Å². The molecule has 5 aromatic rings. The molecule has 1 fully saturated rings. The normalized spacial score (nSPS) is 13.4. The first kappa shape index (κ1) is 20.2. The fourth-order valence-corrected chi connectivity index (χ4v) is 3.93. The number of carbonyl (C=O) groups is 1. The van der Waals surface area contributed by atoms with Gasteiger partial charge in [-0.15, -0.1) is 5.10 Å². The van der Waals surface area contributed by atoms with Gasteiger partial charge in [-0.1, -0.05) is 17.3 Å². The molecule has 1 aliphatic carbocycles. The number of aromatic nitrogens is 6. The molecule has 0 aliphatic heterocycles. The van der Waals surface area contributed by atoms with Crippen molar-refractivity contribution in [2.45, 2.75) is 25.8 Å². The van der Waals surface area contributed by atoms with Crippen LogP contribution in [-0.2, 0) is 0 Å². The number of tetrazole rings is 1. The second kappa shape index (κ2) is 7.84. The molecule has 0 unspecified atom stereocenters. The van der Waals surface area contributed by atoms with Crippen LogP contribution in [0.1, 0.15) is 34.9 Å². The minimum absolute atomic E-state index is 0.238. The van der Waals surface area contributed by atoms with Crippen molar-refractivity contribution >= 4 is 22.7 Å². The molecule has 1 amide bonds. The highest BCUT2D eigenvalue weighted by Crippen LogP contribution is 2.37. The average Bonchev–Trinajstić information content (AvgIpc) is 3.45. The Bertz CT molecular complexity index is 1540. The number of pyridine rings is 1. The third-order valence-electron chi connectivity index (χ3n) is 5.77. The summed E-state index contributed by atoms with van der Waals surface area (Å²) in [6.07, 6.45) is 2.11. The molecule has 3 aromatic heterocycles. The predicted molar refractivity (Wildman–Crippen MR) is 121 cm³/mol. The third kappa shape index (κ3) is 3.58. The lowest BCUT2D eigenvalue weighted by atomic mass is 10.0. The largest absolute Gasteiger partial charge is 0.335 e. The number of anilines is 1. The quantitative estimate of drug-likeness (QED) is 0.413. The van der Waals surface area contributed by atoms with Crippen molar-refractivity contribution in [1.29, 1.82) is 0 Å². The zero-order valence-electron chi connectivity index (χ0n) is 18.1. The SMILES string of the molecule is Cc1noc2nc(-c3ccc(F)cc3)cc(C(=O)Nc3cccc(-c4nnnn4C4CC4)c3)c12. The highest BCUT2D eigenvalue weighted by molar-refractivity contribution is 6.13. The lowest BCUT2D eigenvalue weighted by Gasteiger charge is -2.10. The van der Waals surface area contributed by atoms with Crippen LogP contribution in [0, 0.1) is 12.7 Å². The van der Waals surface area contributed by atoms with Gasteiger partial charge in [-0.2, -0.15) is 0 Å². The molecule has 0 radical (unpaired) electrons. The number of hydrogen-bond acceptors (Lipinski definition) is 7. The standard InChI is InChI=1S/C24H18FN7O2/c1-13-21-19(12-20(27-24(21)34-29-13)14-5-7-16(25)8-6-14)23(33)26-17-4-2-3-15(11-17)22-28-30-31-32(22)18-9-10-18/h2-8,11-12,18H,9-10H2,1H3,(H,26,33). The topological polar surface area (TPSA) is 112 Å². The molecule has 0 spiro atoms. The summed E-state index contributed by atoms with van der Waals surface area (Å²) in [5.41, 5.74) is 3.68. The number of fused-ring (bicyclic) bond motifs is 1. The van der Waals surface area contributed by atoms with Gasteiger partial charge in [-0.05, 0) is 72.7 Å². The van der Waals surface area contributed by atoms with Crippen LogP contribution in [0.4, 0.5) is 10.1 Å². The van der Waals surface area contributed by atoms with E-state index in [4.69, 9.17) is 4.52 Å². The van der Waals surface area contributed by atoms with E-state index < -0.39 is 0 Å². The van der Waals surface area contributed by atoms with Crippen LogP contribution in [0.3, 0.4) is 0 Å². The molecule has 0 saturated heterocycles. The Morgan fingerprint density at radius 3 is 2.74 bits per heavy atom. The van der Waals surface area contributed by atoms with Gasteiger partial charge < -0.3 is 9.84 Å². The Kier molecular flexibility index (Phi) is 4.65. The van der Waals surface area contributed by atoms with Gasteiger partial charge in [0.15, 0.2) is 5.82 Å². The molecule has 1 saturated carbocycles. The Balaban J connectivity index is 1.36. The molecular formula is C24H18FN7O2. The van der Waals surface area contributed by atoms with E-state index >= 15 is 0 Å². The van der Waals surface area contributed by atoms with Crippen LogP contribution < -0.4 is 5.32 Å². The van der Waals surface area contributed by atoms with E-state index in [-0.39, 0.29) is 17.4 Å². The first-order valence-electron chi connectivity index (χ1n) is 10.8. The Morgan fingerprint density at radius 1 is 1.12 bits per heavy atom. The predicted octanol–water partition coefficient (Wildman–Crippen LogP) is 4.58. The van der Waals surface area contributed by atoms with E-state index in [1.807, 2.05) is 22.9 Å². The summed E-state index contributed by atoms with van der Waals surface area (Å²) in [5.74, 6) is -0.0368. The number of halogens is 1. The highest BCUT2D eigenvalue weighted by Gasteiger charge is 2.28. The van der Waals surface area contributed by atoms with Crippen molar-refractivity contribution in [3.8, 4) is 22.6 Å². The Labute approximate surface area is 192 Å². The monoisotopic (exact) mass is 455 g/mol. The number of nitrogens with one attached hydrogen (secondary N) is 1.